The van der Waals surface area contributed by atoms with Crippen LogP contribution in [0, 0.1) is 0 Å². The maximum absolute atomic E-state index is 11.6. The van der Waals surface area contributed by atoms with E-state index >= 15 is 0 Å². The van der Waals surface area contributed by atoms with E-state index in [0.29, 0.717) is 0 Å². The van der Waals surface area contributed by atoms with Crippen LogP contribution in [0.4, 0.5) is 0 Å². The van der Waals surface area contributed by atoms with Gasteiger partial charge in [-0.2, -0.15) is 0 Å². The van der Waals surface area contributed by atoms with Gasteiger partial charge in [0.15, 0.2) is 0 Å². The van der Waals surface area contributed by atoms with Crippen molar-refractivity contribution in [1.29, 1.82) is 0 Å². The summed E-state index contributed by atoms with van der Waals surface area (Å²) in [5, 5.41) is 4.13. The van der Waals surface area contributed by atoms with Crippen molar-refractivity contribution in [2.24, 2.45) is 0 Å². The molecule has 0 bridgehead atoms. The molecular weight excluding hydrogens is 326 g/mol. The first kappa shape index (κ1) is 20.9. The molecule has 0 aromatic heterocycles. The molecule has 21 heavy (non-hydrogen) atoms. The zero-order chi connectivity index (χ0) is 15.6. The molecule has 0 aromatic rings. The van der Waals surface area contributed by atoms with Crippen LogP contribution >= 0.6 is 15.9 Å². The van der Waals surface area contributed by atoms with E-state index in [9.17, 15) is 4.79 Å². The fourth-order valence-corrected chi connectivity index (χ4v) is 2.88. The van der Waals surface area contributed by atoms with Crippen LogP contribution in [0.5, 0.6) is 0 Å². The fraction of sp³-hybridized carbons (Fsp3) is 0.944. The largest absolute Gasteiger partial charge is 0.356 e. The summed E-state index contributed by atoms with van der Waals surface area (Å²) < 4.78 is 0. The molecular formula is C18H36BrNO. The first-order chi connectivity index (χ1) is 10.3. The van der Waals surface area contributed by atoms with E-state index in [-0.39, 0.29) is 5.91 Å². The lowest BCUT2D eigenvalue weighted by molar-refractivity contribution is -0.121. The predicted octanol–water partition coefficient (Wildman–Crippen LogP) is 5.98. The predicted molar refractivity (Wildman–Crippen MR) is 97.1 cm³/mol. The minimum Gasteiger partial charge on any atom is -0.356 e. The first-order valence-corrected chi connectivity index (χ1v) is 10.3. The number of halogens is 1. The Morgan fingerprint density at radius 1 is 0.762 bits per heavy atom. The van der Waals surface area contributed by atoms with Crippen molar-refractivity contribution >= 4 is 21.8 Å². The van der Waals surface area contributed by atoms with Crippen molar-refractivity contribution in [2.75, 3.05) is 11.9 Å². The van der Waals surface area contributed by atoms with Crippen molar-refractivity contribution in [1.82, 2.24) is 5.32 Å². The zero-order valence-corrected chi connectivity index (χ0v) is 15.7. The lowest BCUT2D eigenvalue weighted by Gasteiger charge is -2.05. The van der Waals surface area contributed by atoms with Crippen molar-refractivity contribution in [3.05, 3.63) is 0 Å². The van der Waals surface area contributed by atoms with Crippen LogP contribution < -0.4 is 5.32 Å². The molecule has 0 atom stereocenters. The van der Waals surface area contributed by atoms with Gasteiger partial charge in [0.2, 0.25) is 5.91 Å². The molecule has 3 heteroatoms. The Kier molecular flexibility index (Phi) is 18.0. The van der Waals surface area contributed by atoms with Crippen molar-refractivity contribution in [3.8, 4) is 0 Å². The highest BCUT2D eigenvalue weighted by molar-refractivity contribution is 9.09. The second kappa shape index (κ2) is 18.0. The monoisotopic (exact) mass is 361 g/mol. The van der Waals surface area contributed by atoms with Gasteiger partial charge in [-0.05, 0) is 19.3 Å². The third-order valence-corrected chi connectivity index (χ3v) is 4.45. The Hall–Kier alpha value is -0.0500. The minimum atomic E-state index is 0.249. The van der Waals surface area contributed by atoms with E-state index < -0.39 is 0 Å². The van der Waals surface area contributed by atoms with E-state index in [4.69, 9.17) is 0 Å². The van der Waals surface area contributed by atoms with Gasteiger partial charge in [0.1, 0.15) is 0 Å². The van der Waals surface area contributed by atoms with Gasteiger partial charge in [-0.25, -0.2) is 0 Å². The number of rotatable bonds is 16. The maximum atomic E-state index is 11.6. The van der Waals surface area contributed by atoms with Crippen LogP contribution in [0.15, 0.2) is 0 Å². The molecule has 2 nitrogen and oxygen atoms in total. The van der Waals surface area contributed by atoms with E-state index in [1.54, 1.807) is 0 Å². The van der Waals surface area contributed by atoms with Gasteiger partial charge in [0, 0.05) is 18.3 Å². The molecule has 0 aliphatic carbocycles. The van der Waals surface area contributed by atoms with Crippen molar-refractivity contribution in [2.45, 2.75) is 96.8 Å². The molecule has 0 radical (unpaired) electrons. The van der Waals surface area contributed by atoms with E-state index in [1.807, 2.05) is 0 Å². The molecule has 0 heterocycles. The van der Waals surface area contributed by atoms with E-state index in [0.717, 1.165) is 31.1 Å². The Balaban J connectivity index is 3.12. The summed E-state index contributed by atoms with van der Waals surface area (Å²) in [5.74, 6) is 0.249. The number of hydrogen-bond acceptors (Lipinski definition) is 1. The summed E-state index contributed by atoms with van der Waals surface area (Å²) in [6.07, 6.45) is 17.4. The second-order valence-corrected chi connectivity index (χ2v) is 6.82. The highest BCUT2D eigenvalue weighted by Gasteiger charge is 2.00. The van der Waals surface area contributed by atoms with Crippen molar-refractivity contribution < 1.29 is 4.79 Å². The summed E-state index contributed by atoms with van der Waals surface area (Å²) in [6.45, 7) is 3.12. The quantitative estimate of drug-likeness (QED) is 0.266. The van der Waals surface area contributed by atoms with Gasteiger partial charge in [0.25, 0.3) is 0 Å². The number of alkyl halides is 1. The molecule has 0 fully saturated rings. The van der Waals surface area contributed by atoms with Gasteiger partial charge in [0.05, 0.1) is 0 Å². The first-order valence-electron chi connectivity index (χ1n) is 9.14. The third-order valence-electron chi connectivity index (χ3n) is 3.89. The van der Waals surface area contributed by atoms with Crippen LogP contribution in [0.25, 0.3) is 0 Å². The Labute approximate surface area is 141 Å². The average Bonchev–Trinajstić information content (AvgIpc) is 2.49. The standard InChI is InChI=1S/C18H36BrNO/c1-2-3-4-5-6-7-8-9-12-15-18(21)20-17-14-11-10-13-16-19/h2-17H2,1H3,(H,20,21). The van der Waals surface area contributed by atoms with Gasteiger partial charge >= 0.3 is 0 Å². The van der Waals surface area contributed by atoms with Gasteiger partial charge in [-0.1, -0.05) is 87.1 Å². The lowest BCUT2D eigenvalue weighted by Crippen LogP contribution is -2.23. The normalized spacial score (nSPS) is 10.8. The van der Waals surface area contributed by atoms with Crippen LogP contribution in [-0.2, 0) is 4.79 Å². The topological polar surface area (TPSA) is 29.1 Å². The lowest BCUT2D eigenvalue weighted by atomic mass is 10.1. The number of amides is 1. The highest BCUT2D eigenvalue weighted by Crippen LogP contribution is 2.10. The number of carbonyl (C=O) groups excluding carboxylic acids is 1. The molecule has 0 saturated heterocycles. The van der Waals surface area contributed by atoms with Crippen LogP contribution in [0.2, 0.25) is 0 Å². The minimum absolute atomic E-state index is 0.249. The van der Waals surface area contributed by atoms with Crippen molar-refractivity contribution in [3.63, 3.8) is 0 Å². The van der Waals surface area contributed by atoms with E-state index in [2.05, 4.69) is 28.2 Å². The van der Waals surface area contributed by atoms with Gasteiger partial charge < -0.3 is 5.32 Å². The molecule has 0 aliphatic heterocycles. The SMILES string of the molecule is CCCCCCCCCCCC(=O)NCCCCCCBr. The molecule has 126 valence electrons. The molecule has 0 spiro atoms. The van der Waals surface area contributed by atoms with Gasteiger partial charge in [-0.3, -0.25) is 4.79 Å². The molecule has 0 unspecified atom stereocenters. The summed E-state index contributed by atoms with van der Waals surface area (Å²) in [4.78, 5) is 11.6. The Morgan fingerprint density at radius 2 is 1.29 bits per heavy atom. The fourth-order valence-electron chi connectivity index (χ4n) is 2.49. The van der Waals surface area contributed by atoms with Crippen LogP contribution in [0.3, 0.4) is 0 Å². The smallest absolute Gasteiger partial charge is 0.219 e. The molecule has 0 rings (SSSR count). The Bertz CT molecular complexity index is 221. The molecule has 0 saturated carbocycles. The summed E-state index contributed by atoms with van der Waals surface area (Å²) in [6, 6.07) is 0. The molecule has 0 aromatic carbocycles. The molecule has 1 N–H and O–H groups in total. The molecule has 1 amide bonds. The summed E-state index contributed by atoms with van der Waals surface area (Å²) in [5.41, 5.74) is 0. The summed E-state index contributed by atoms with van der Waals surface area (Å²) >= 11 is 3.43. The highest BCUT2D eigenvalue weighted by atomic mass is 79.9. The summed E-state index contributed by atoms with van der Waals surface area (Å²) in [7, 11) is 0. The average molecular weight is 362 g/mol. The second-order valence-electron chi connectivity index (χ2n) is 6.03. The number of unbranched alkanes of at least 4 members (excludes halogenated alkanes) is 11. The maximum Gasteiger partial charge on any atom is 0.219 e. The van der Waals surface area contributed by atoms with Gasteiger partial charge in [-0.15, -0.1) is 0 Å². The van der Waals surface area contributed by atoms with E-state index in [1.165, 1.54) is 70.6 Å². The third kappa shape index (κ3) is 17.9. The number of hydrogen-bond donors (Lipinski definition) is 1. The van der Waals surface area contributed by atoms with Crippen LogP contribution in [-0.4, -0.2) is 17.8 Å². The number of nitrogens with one attached hydrogen (secondary N) is 1. The van der Waals surface area contributed by atoms with Crippen LogP contribution in [0.1, 0.15) is 96.8 Å². The number of carbonyl (C=O) groups is 1. The Morgan fingerprint density at radius 3 is 1.90 bits per heavy atom. The molecule has 0 aliphatic rings. The zero-order valence-electron chi connectivity index (χ0n) is 14.1.